The molecule has 36 heavy (non-hydrogen) atoms. The summed E-state index contributed by atoms with van der Waals surface area (Å²) in [6, 6.07) is 0.589. The monoisotopic (exact) mass is 536 g/mol. The summed E-state index contributed by atoms with van der Waals surface area (Å²) in [5, 5.41) is 0. The Bertz CT molecular complexity index is 1350. The lowest BCUT2D eigenvalue weighted by Crippen LogP contribution is -2.19. The third-order valence-electron chi connectivity index (χ3n) is 4.35. The number of hydrogen-bond acceptors (Lipinski definition) is 4. The zero-order valence-corrected chi connectivity index (χ0v) is 16.8. The summed E-state index contributed by atoms with van der Waals surface area (Å²) < 4.78 is 175. The summed E-state index contributed by atoms with van der Waals surface area (Å²) in [5.41, 5.74) is 2.01. The number of rotatable bonds is 4. The summed E-state index contributed by atoms with van der Waals surface area (Å²) in [5.74, 6) is -21.0. The molecular weight excluding hydrogens is 528 g/mol. The molecule has 3 rings (SSSR count). The summed E-state index contributed by atoms with van der Waals surface area (Å²) in [6.07, 6.45) is -12.2. The molecule has 0 saturated carbocycles. The Hall–Kier alpha value is -3.98. The van der Waals surface area contributed by atoms with E-state index in [0.717, 1.165) is 0 Å². The molecule has 0 amide bonds. The SMILES string of the molecule is Nc1cc(F)cc(Oc2c(F)c(F)c(C(F)(F)F)c(Oc3cc(F)cc(N)c3F)c2C(F)(F)F)c1F. The molecule has 194 valence electrons. The second-order valence-electron chi connectivity index (χ2n) is 6.85. The minimum absolute atomic E-state index is 0.0222. The first-order valence-corrected chi connectivity index (χ1v) is 8.97. The molecule has 4 nitrogen and oxygen atoms in total. The van der Waals surface area contributed by atoms with Crippen molar-refractivity contribution in [2.75, 3.05) is 11.5 Å². The van der Waals surface area contributed by atoms with Crippen LogP contribution in [-0.2, 0) is 12.4 Å². The highest BCUT2D eigenvalue weighted by atomic mass is 19.4. The number of ether oxygens (including phenoxy) is 2. The van der Waals surface area contributed by atoms with Gasteiger partial charge in [-0.2, -0.15) is 30.7 Å². The molecule has 0 unspecified atom stereocenters. The van der Waals surface area contributed by atoms with Gasteiger partial charge >= 0.3 is 12.4 Å². The molecule has 0 heterocycles. The zero-order valence-electron chi connectivity index (χ0n) is 16.8. The van der Waals surface area contributed by atoms with Crippen molar-refractivity contribution in [2.45, 2.75) is 12.4 Å². The Morgan fingerprint density at radius 3 is 1.28 bits per heavy atom. The van der Waals surface area contributed by atoms with E-state index in [1.165, 1.54) is 0 Å². The van der Waals surface area contributed by atoms with Crippen LogP contribution >= 0.6 is 0 Å². The lowest BCUT2D eigenvalue weighted by Gasteiger charge is -2.23. The molecule has 0 aliphatic heterocycles. The average molecular weight is 536 g/mol. The Labute approximate surface area is 191 Å². The molecule has 0 radical (unpaired) electrons. The normalized spacial score (nSPS) is 12.1. The van der Waals surface area contributed by atoms with Crippen molar-refractivity contribution >= 4 is 11.4 Å². The Morgan fingerprint density at radius 1 is 0.500 bits per heavy atom. The van der Waals surface area contributed by atoms with Crippen LogP contribution in [0.3, 0.4) is 0 Å². The Morgan fingerprint density at radius 2 is 0.889 bits per heavy atom. The first-order valence-electron chi connectivity index (χ1n) is 8.97. The maximum atomic E-state index is 14.6. The van der Waals surface area contributed by atoms with E-state index in [2.05, 4.69) is 9.47 Å². The molecule has 0 spiro atoms. The molecule has 0 aromatic heterocycles. The number of benzene rings is 3. The molecule has 0 aliphatic rings. The van der Waals surface area contributed by atoms with E-state index in [4.69, 9.17) is 11.5 Å². The summed E-state index contributed by atoms with van der Waals surface area (Å²) >= 11 is 0. The standard InChI is InChI=1S/C20H8F12N2O2/c21-5-1-7(33)13(23)9(3-5)35-17-11(19(27,28)29)15(25)16(26)18(12(17)20(30,31)32)36-10-4-6(22)2-8(34)14(10)24/h1-4H,33-34H2. The highest BCUT2D eigenvalue weighted by Gasteiger charge is 2.50. The van der Waals surface area contributed by atoms with Gasteiger partial charge in [0.2, 0.25) is 5.82 Å². The van der Waals surface area contributed by atoms with Crippen LogP contribution < -0.4 is 20.9 Å². The molecule has 3 aromatic carbocycles. The quantitative estimate of drug-likeness (QED) is 0.271. The number of alkyl halides is 6. The lowest BCUT2D eigenvalue weighted by atomic mass is 10.0. The van der Waals surface area contributed by atoms with E-state index in [1.54, 1.807) is 0 Å². The van der Waals surface area contributed by atoms with Crippen LogP contribution in [0.5, 0.6) is 23.0 Å². The second-order valence-corrected chi connectivity index (χ2v) is 6.85. The largest absolute Gasteiger partial charge is 0.453 e. The highest BCUT2D eigenvalue weighted by molar-refractivity contribution is 5.59. The van der Waals surface area contributed by atoms with Gasteiger partial charge in [0.25, 0.3) is 0 Å². The van der Waals surface area contributed by atoms with Crippen molar-refractivity contribution in [1.29, 1.82) is 0 Å². The Kier molecular flexibility index (Phi) is 6.59. The van der Waals surface area contributed by atoms with Crippen LogP contribution in [0.15, 0.2) is 24.3 Å². The van der Waals surface area contributed by atoms with Crippen LogP contribution in [0, 0.1) is 34.9 Å². The summed E-state index contributed by atoms with van der Waals surface area (Å²) in [6.45, 7) is 0. The fraction of sp³-hybridized carbons (Fsp3) is 0.100. The lowest BCUT2D eigenvalue weighted by molar-refractivity contribution is -0.147. The van der Waals surface area contributed by atoms with Gasteiger partial charge in [0, 0.05) is 24.3 Å². The van der Waals surface area contributed by atoms with Crippen LogP contribution in [0.4, 0.5) is 64.1 Å². The number of anilines is 2. The van der Waals surface area contributed by atoms with Crippen molar-refractivity contribution < 1.29 is 62.2 Å². The number of nitrogen functional groups attached to an aromatic ring is 2. The van der Waals surface area contributed by atoms with Crippen molar-refractivity contribution in [3.63, 3.8) is 0 Å². The summed E-state index contributed by atoms with van der Waals surface area (Å²) in [7, 11) is 0. The molecule has 4 N–H and O–H groups in total. The number of halogens is 12. The van der Waals surface area contributed by atoms with Gasteiger partial charge in [-0.1, -0.05) is 0 Å². The van der Waals surface area contributed by atoms with Gasteiger partial charge in [-0.05, 0) is 0 Å². The predicted molar refractivity (Wildman–Crippen MR) is 98.1 cm³/mol. The van der Waals surface area contributed by atoms with Gasteiger partial charge in [0.15, 0.2) is 40.4 Å². The number of hydrogen-bond donors (Lipinski definition) is 2. The van der Waals surface area contributed by atoms with Crippen LogP contribution in [0.2, 0.25) is 0 Å². The molecule has 0 atom stereocenters. The van der Waals surface area contributed by atoms with E-state index in [9.17, 15) is 52.7 Å². The second kappa shape index (κ2) is 8.91. The molecular formula is C20H8F12N2O2. The minimum Gasteiger partial charge on any atom is -0.453 e. The van der Waals surface area contributed by atoms with Crippen molar-refractivity contribution in [2.24, 2.45) is 0 Å². The molecule has 0 fully saturated rings. The van der Waals surface area contributed by atoms with E-state index in [-0.39, 0.29) is 18.2 Å². The topological polar surface area (TPSA) is 70.5 Å². The number of nitrogens with two attached hydrogens (primary N) is 2. The van der Waals surface area contributed by atoms with Gasteiger partial charge in [-0.3, -0.25) is 0 Å². The fourth-order valence-corrected chi connectivity index (χ4v) is 2.89. The van der Waals surface area contributed by atoms with Gasteiger partial charge in [0.05, 0.1) is 11.4 Å². The van der Waals surface area contributed by atoms with Crippen LogP contribution in [0.25, 0.3) is 0 Å². The molecule has 0 bridgehead atoms. The van der Waals surface area contributed by atoms with Crippen LogP contribution in [0.1, 0.15) is 11.1 Å². The maximum absolute atomic E-state index is 14.6. The van der Waals surface area contributed by atoms with E-state index >= 15 is 0 Å². The van der Waals surface area contributed by atoms with Crippen molar-refractivity contribution in [3.05, 3.63) is 70.3 Å². The minimum atomic E-state index is -6.12. The highest BCUT2D eigenvalue weighted by Crippen LogP contribution is 2.53. The van der Waals surface area contributed by atoms with E-state index in [0.29, 0.717) is 6.07 Å². The van der Waals surface area contributed by atoms with Gasteiger partial charge in [-0.25, -0.2) is 22.0 Å². The molecule has 0 saturated heterocycles. The Balaban J connectivity index is 2.44. The zero-order chi connectivity index (χ0) is 27.3. The molecule has 16 heteroatoms. The molecule has 0 aliphatic carbocycles. The van der Waals surface area contributed by atoms with Crippen molar-refractivity contribution in [1.82, 2.24) is 0 Å². The third-order valence-corrected chi connectivity index (χ3v) is 4.35. The van der Waals surface area contributed by atoms with Crippen LogP contribution in [-0.4, -0.2) is 0 Å². The third kappa shape index (κ3) is 4.87. The van der Waals surface area contributed by atoms with Gasteiger partial charge < -0.3 is 20.9 Å². The average Bonchev–Trinajstić information content (AvgIpc) is 2.71. The fourth-order valence-electron chi connectivity index (χ4n) is 2.89. The van der Waals surface area contributed by atoms with Gasteiger partial charge in [-0.15, -0.1) is 0 Å². The van der Waals surface area contributed by atoms with E-state index < -0.39 is 92.8 Å². The van der Waals surface area contributed by atoms with E-state index in [1.807, 2.05) is 0 Å². The maximum Gasteiger partial charge on any atom is 0.423 e. The van der Waals surface area contributed by atoms with Crippen molar-refractivity contribution in [3.8, 4) is 23.0 Å². The van der Waals surface area contributed by atoms with Gasteiger partial charge in [0.1, 0.15) is 22.8 Å². The first-order chi connectivity index (χ1) is 16.4. The first kappa shape index (κ1) is 26.6. The smallest absolute Gasteiger partial charge is 0.423 e. The molecule has 3 aromatic rings. The predicted octanol–water partition coefficient (Wildman–Crippen LogP) is 7.31. The summed E-state index contributed by atoms with van der Waals surface area (Å²) in [4.78, 5) is 0.